The summed E-state index contributed by atoms with van der Waals surface area (Å²) in [6.07, 6.45) is 1.77. The molecule has 0 amide bonds. The highest BCUT2D eigenvalue weighted by Gasteiger charge is 2.00. The second-order valence-corrected chi connectivity index (χ2v) is 3.56. The Balaban J connectivity index is 2.11. The van der Waals surface area contributed by atoms with Gasteiger partial charge in [-0.2, -0.15) is 10.2 Å². The minimum absolute atomic E-state index is 0.892. The number of hydrogen-bond acceptors (Lipinski definition) is 4. The largest absolute Gasteiger partial charge is 0.382 e. The minimum atomic E-state index is 0.892. The van der Waals surface area contributed by atoms with Gasteiger partial charge in [-0.25, -0.2) is 0 Å². The van der Waals surface area contributed by atoms with Gasteiger partial charge < -0.3 is 10.6 Å². The number of aromatic nitrogens is 2. The number of likely N-dealkylation sites (N-methyl/N-ethyl adjacent to an activating group) is 1. The average molecular weight is 216 g/mol. The van der Waals surface area contributed by atoms with E-state index in [0.717, 1.165) is 36.2 Å². The van der Waals surface area contributed by atoms with Crippen LogP contribution in [0.25, 0.3) is 10.9 Å². The van der Waals surface area contributed by atoms with Gasteiger partial charge in [-0.3, -0.25) is 0 Å². The Morgan fingerprint density at radius 3 is 2.94 bits per heavy atom. The highest BCUT2D eigenvalue weighted by Crippen LogP contribution is 2.18. The molecule has 0 saturated carbocycles. The van der Waals surface area contributed by atoms with Crippen molar-refractivity contribution >= 4 is 16.6 Å². The van der Waals surface area contributed by atoms with E-state index >= 15 is 0 Å². The number of anilines is 1. The SMILES string of the molecule is CCNCCNc1cnnc2ccccc12. The van der Waals surface area contributed by atoms with E-state index in [1.807, 2.05) is 18.2 Å². The van der Waals surface area contributed by atoms with Crippen LogP contribution in [0.4, 0.5) is 5.69 Å². The first-order valence-corrected chi connectivity index (χ1v) is 5.57. The molecule has 2 rings (SSSR count). The third kappa shape index (κ3) is 2.46. The maximum Gasteiger partial charge on any atom is 0.0950 e. The van der Waals surface area contributed by atoms with Gasteiger partial charge in [0, 0.05) is 18.5 Å². The summed E-state index contributed by atoms with van der Waals surface area (Å²) >= 11 is 0. The molecule has 0 radical (unpaired) electrons. The molecule has 4 heteroatoms. The Kier molecular flexibility index (Phi) is 3.66. The standard InChI is InChI=1S/C12H16N4/c1-2-13-7-8-14-12-9-15-16-11-6-4-3-5-10(11)12/h3-6,9,13H,2,7-8H2,1H3,(H,14,16). The molecule has 0 atom stereocenters. The zero-order chi connectivity index (χ0) is 11.2. The van der Waals surface area contributed by atoms with E-state index in [1.165, 1.54) is 0 Å². The zero-order valence-electron chi connectivity index (χ0n) is 9.40. The molecule has 0 fully saturated rings. The van der Waals surface area contributed by atoms with E-state index in [9.17, 15) is 0 Å². The highest BCUT2D eigenvalue weighted by atomic mass is 15.1. The van der Waals surface area contributed by atoms with Crippen molar-refractivity contribution in [3.8, 4) is 0 Å². The number of hydrogen-bond donors (Lipinski definition) is 2. The molecule has 2 aromatic rings. The predicted octanol–water partition coefficient (Wildman–Crippen LogP) is 1.65. The van der Waals surface area contributed by atoms with Gasteiger partial charge in [-0.05, 0) is 12.6 Å². The van der Waals surface area contributed by atoms with Gasteiger partial charge in [0.1, 0.15) is 0 Å². The van der Waals surface area contributed by atoms with Crippen molar-refractivity contribution in [1.29, 1.82) is 0 Å². The van der Waals surface area contributed by atoms with E-state index in [1.54, 1.807) is 6.20 Å². The van der Waals surface area contributed by atoms with E-state index < -0.39 is 0 Å². The second-order valence-electron chi connectivity index (χ2n) is 3.56. The maximum absolute atomic E-state index is 4.08. The molecule has 0 aliphatic heterocycles. The molecular weight excluding hydrogens is 200 g/mol. The molecular formula is C12H16N4. The van der Waals surface area contributed by atoms with Gasteiger partial charge in [-0.15, -0.1) is 0 Å². The molecule has 0 aliphatic carbocycles. The lowest BCUT2D eigenvalue weighted by atomic mass is 10.2. The topological polar surface area (TPSA) is 49.8 Å². The quantitative estimate of drug-likeness (QED) is 0.746. The third-order valence-corrected chi connectivity index (χ3v) is 2.41. The fourth-order valence-corrected chi connectivity index (χ4v) is 1.61. The van der Waals surface area contributed by atoms with Gasteiger partial charge >= 0.3 is 0 Å². The first-order chi connectivity index (χ1) is 7.92. The Hall–Kier alpha value is -1.68. The van der Waals surface area contributed by atoms with E-state index in [2.05, 4.69) is 33.8 Å². The predicted molar refractivity (Wildman–Crippen MR) is 66.6 cm³/mol. The fourth-order valence-electron chi connectivity index (χ4n) is 1.61. The summed E-state index contributed by atoms with van der Waals surface area (Å²) in [5.41, 5.74) is 1.97. The first kappa shape index (κ1) is 10.8. The van der Waals surface area contributed by atoms with Crippen LogP contribution in [0.15, 0.2) is 30.5 Å². The number of benzene rings is 1. The lowest BCUT2D eigenvalue weighted by Gasteiger charge is -2.08. The summed E-state index contributed by atoms with van der Waals surface area (Å²) in [7, 11) is 0. The fraction of sp³-hybridized carbons (Fsp3) is 0.333. The molecule has 0 aliphatic rings. The summed E-state index contributed by atoms with van der Waals surface area (Å²) in [4.78, 5) is 0. The third-order valence-electron chi connectivity index (χ3n) is 2.41. The molecule has 1 heterocycles. The Morgan fingerprint density at radius 1 is 1.19 bits per heavy atom. The van der Waals surface area contributed by atoms with E-state index in [0.29, 0.717) is 0 Å². The molecule has 1 aromatic carbocycles. The molecule has 16 heavy (non-hydrogen) atoms. The highest BCUT2D eigenvalue weighted by molar-refractivity contribution is 5.90. The van der Waals surface area contributed by atoms with Crippen LogP contribution < -0.4 is 10.6 Å². The average Bonchev–Trinajstić information content (AvgIpc) is 2.35. The lowest BCUT2D eigenvalue weighted by Crippen LogP contribution is -2.21. The zero-order valence-corrected chi connectivity index (χ0v) is 9.40. The smallest absolute Gasteiger partial charge is 0.0950 e. The van der Waals surface area contributed by atoms with Crippen molar-refractivity contribution in [3.63, 3.8) is 0 Å². The van der Waals surface area contributed by atoms with Crippen molar-refractivity contribution in [1.82, 2.24) is 15.5 Å². The Morgan fingerprint density at radius 2 is 2.06 bits per heavy atom. The molecule has 0 bridgehead atoms. The number of nitrogens with zero attached hydrogens (tertiary/aromatic N) is 2. The van der Waals surface area contributed by atoms with E-state index in [4.69, 9.17) is 0 Å². The molecule has 2 N–H and O–H groups in total. The van der Waals surface area contributed by atoms with Crippen LogP contribution in [0.2, 0.25) is 0 Å². The van der Waals surface area contributed by atoms with Gasteiger partial charge in [-0.1, -0.05) is 25.1 Å². The minimum Gasteiger partial charge on any atom is -0.382 e. The molecule has 1 aromatic heterocycles. The van der Waals surface area contributed by atoms with Crippen molar-refractivity contribution in [3.05, 3.63) is 30.5 Å². The van der Waals surface area contributed by atoms with Crippen molar-refractivity contribution in [2.75, 3.05) is 25.0 Å². The van der Waals surface area contributed by atoms with Crippen LogP contribution in [-0.4, -0.2) is 29.8 Å². The Bertz CT molecular complexity index is 450. The summed E-state index contributed by atoms with van der Waals surface area (Å²) < 4.78 is 0. The van der Waals surface area contributed by atoms with Crippen molar-refractivity contribution < 1.29 is 0 Å². The molecule has 84 valence electrons. The summed E-state index contributed by atoms with van der Waals surface area (Å²) in [5, 5.41) is 15.8. The Labute approximate surface area is 95.1 Å². The monoisotopic (exact) mass is 216 g/mol. The van der Waals surface area contributed by atoms with Crippen LogP contribution in [0.3, 0.4) is 0 Å². The number of fused-ring (bicyclic) bond motifs is 1. The van der Waals surface area contributed by atoms with Crippen LogP contribution in [0.1, 0.15) is 6.92 Å². The van der Waals surface area contributed by atoms with Crippen LogP contribution in [0.5, 0.6) is 0 Å². The number of rotatable bonds is 5. The van der Waals surface area contributed by atoms with Gasteiger partial charge in [0.15, 0.2) is 0 Å². The normalized spacial score (nSPS) is 10.6. The van der Waals surface area contributed by atoms with Crippen LogP contribution >= 0.6 is 0 Å². The summed E-state index contributed by atoms with van der Waals surface area (Å²) in [5.74, 6) is 0. The van der Waals surface area contributed by atoms with Crippen LogP contribution in [0, 0.1) is 0 Å². The molecule has 0 spiro atoms. The molecule has 0 saturated heterocycles. The molecule has 0 unspecified atom stereocenters. The van der Waals surface area contributed by atoms with Gasteiger partial charge in [0.25, 0.3) is 0 Å². The van der Waals surface area contributed by atoms with Crippen LogP contribution in [-0.2, 0) is 0 Å². The second kappa shape index (κ2) is 5.42. The lowest BCUT2D eigenvalue weighted by molar-refractivity contribution is 0.739. The molecule has 4 nitrogen and oxygen atoms in total. The van der Waals surface area contributed by atoms with Crippen molar-refractivity contribution in [2.24, 2.45) is 0 Å². The maximum atomic E-state index is 4.08. The first-order valence-electron chi connectivity index (χ1n) is 5.57. The van der Waals surface area contributed by atoms with Gasteiger partial charge in [0.05, 0.1) is 17.4 Å². The van der Waals surface area contributed by atoms with Gasteiger partial charge in [0.2, 0.25) is 0 Å². The van der Waals surface area contributed by atoms with Crippen molar-refractivity contribution in [2.45, 2.75) is 6.92 Å². The summed E-state index contributed by atoms with van der Waals surface area (Å²) in [6, 6.07) is 8.01. The number of nitrogens with one attached hydrogen (secondary N) is 2. The summed E-state index contributed by atoms with van der Waals surface area (Å²) in [6.45, 7) is 4.94. The van der Waals surface area contributed by atoms with E-state index in [-0.39, 0.29) is 0 Å².